The number of aromatic nitrogens is 4. The molecule has 0 aliphatic heterocycles. The second kappa shape index (κ2) is 17.4. The summed E-state index contributed by atoms with van der Waals surface area (Å²) in [4.78, 5) is 23.6. The third kappa shape index (κ3) is 12.3. The van der Waals surface area contributed by atoms with Crippen LogP contribution in [0.25, 0.3) is 10.9 Å². The largest absolute Gasteiger partial charge is 0.493 e. The van der Waals surface area contributed by atoms with Crippen LogP contribution in [0.15, 0.2) is 48.8 Å². The third-order valence-corrected chi connectivity index (χ3v) is 10.2. The summed E-state index contributed by atoms with van der Waals surface area (Å²) < 4.78 is 64.5. The summed E-state index contributed by atoms with van der Waals surface area (Å²) in [6, 6.07) is 11.2. The Balaban J connectivity index is 1.13. The number of carbonyl (C=O) groups is 1. The highest BCUT2D eigenvalue weighted by molar-refractivity contribution is 7.48. The van der Waals surface area contributed by atoms with Gasteiger partial charge in [0.2, 0.25) is 5.91 Å². The van der Waals surface area contributed by atoms with E-state index in [9.17, 15) is 18.1 Å². The Morgan fingerprint density at radius 1 is 0.981 bits per heavy atom. The first-order valence-electron chi connectivity index (χ1n) is 17.9. The molecule has 3 N–H and O–H groups in total. The number of H-pyrrole nitrogens is 1. The molecule has 0 saturated heterocycles. The minimum atomic E-state index is -3.79. The van der Waals surface area contributed by atoms with Crippen molar-refractivity contribution < 1.29 is 36.4 Å². The number of rotatable bonds is 17. The molecular weight excluding hydrogens is 707 g/mol. The van der Waals surface area contributed by atoms with Gasteiger partial charge in [-0.25, -0.2) is 23.3 Å². The molecular formula is C37H50F2N7O6P. The minimum absolute atomic E-state index is 0.136. The molecule has 1 saturated carbocycles. The van der Waals surface area contributed by atoms with E-state index < -0.39 is 36.6 Å². The van der Waals surface area contributed by atoms with E-state index in [2.05, 4.69) is 35.7 Å². The smallest absolute Gasteiger partial charge is 0.475 e. The van der Waals surface area contributed by atoms with Gasteiger partial charge in [0.15, 0.2) is 17.5 Å². The summed E-state index contributed by atoms with van der Waals surface area (Å²) in [6.07, 6.45) is 6.67. The number of hydrogen-bond acceptors (Lipinski definition) is 11. The topological polar surface area (TPSA) is 153 Å². The molecule has 2 aromatic carbocycles. The van der Waals surface area contributed by atoms with Crippen molar-refractivity contribution in [3.8, 4) is 5.75 Å². The van der Waals surface area contributed by atoms with Gasteiger partial charge in [-0.3, -0.25) is 28.4 Å². The number of ether oxygens (including phenoxy) is 1. The zero-order valence-electron chi connectivity index (χ0n) is 31.2. The van der Waals surface area contributed by atoms with E-state index in [1.165, 1.54) is 31.3 Å². The summed E-state index contributed by atoms with van der Waals surface area (Å²) in [5, 5.41) is 13.2. The molecule has 0 unspecified atom stereocenters. The van der Waals surface area contributed by atoms with Crippen molar-refractivity contribution in [2.45, 2.75) is 97.3 Å². The molecule has 0 spiro atoms. The van der Waals surface area contributed by atoms with Crippen LogP contribution in [-0.2, 0) is 29.4 Å². The van der Waals surface area contributed by atoms with Crippen LogP contribution in [0.4, 0.5) is 26.1 Å². The number of phosphoric ester groups is 1. The monoisotopic (exact) mass is 757 g/mol. The molecule has 1 fully saturated rings. The van der Waals surface area contributed by atoms with Gasteiger partial charge in [-0.15, -0.1) is 0 Å². The standard InChI is InChI=1S/C37H50F2N7O6P/c1-36(2,3)51-53(48,52-37(4,5)6)50-20-18-46(26-11-7-8-12-26)17-10-19-49-27-15-16-28-31(23-27)40-24-41-35(28)43-32-21-25(44-45-32)22-33(47)42-30-14-9-13-29(38)34(30)39/h9,13-16,21,23-24,26H,7-8,10-12,17-20,22H2,1-6H3,(H,42,47)(H2,40,41,43,44,45). The zero-order valence-corrected chi connectivity index (χ0v) is 32.1. The Hall–Kier alpha value is -4.01. The van der Waals surface area contributed by atoms with Gasteiger partial charge in [0.1, 0.15) is 17.9 Å². The third-order valence-electron chi connectivity index (χ3n) is 8.16. The minimum Gasteiger partial charge on any atom is -0.493 e. The van der Waals surface area contributed by atoms with Gasteiger partial charge < -0.3 is 15.4 Å². The van der Waals surface area contributed by atoms with Gasteiger partial charge in [-0.05, 0) is 85.1 Å². The lowest BCUT2D eigenvalue weighted by molar-refractivity contribution is -0.115. The first-order valence-corrected chi connectivity index (χ1v) is 19.3. The van der Waals surface area contributed by atoms with Crippen molar-refractivity contribution in [2.24, 2.45) is 0 Å². The van der Waals surface area contributed by atoms with E-state index in [0.717, 1.165) is 37.3 Å². The second-order valence-corrected chi connectivity index (χ2v) is 16.5. The van der Waals surface area contributed by atoms with Gasteiger partial charge in [0.05, 0.1) is 42.0 Å². The van der Waals surface area contributed by atoms with Crippen LogP contribution in [0.2, 0.25) is 0 Å². The fourth-order valence-electron chi connectivity index (χ4n) is 6.05. The molecule has 0 radical (unpaired) electrons. The Morgan fingerprint density at radius 3 is 2.43 bits per heavy atom. The molecule has 53 heavy (non-hydrogen) atoms. The highest BCUT2D eigenvalue weighted by atomic mass is 31.2. The maximum Gasteiger partial charge on any atom is 0.475 e. The van der Waals surface area contributed by atoms with Gasteiger partial charge in [0, 0.05) is 42.3 Å². The Morgan fingerprint density at radius 2 is 1.72 bits per heavy atom. The molecule has 4 aromatic rings. The van der Waals surface area contributed by atoms with Crippen molar-refractivity contribution >= 4 is 42.0 Å². The van der Waals surface area contributed by atoms with Crippen molar-refractivity contribution in [1.29, 1.82) is 0 Å². The summed E-state index contributed by atoms with van der Waals surface area (Å²) in [6.45, 7) is 13.0. The van der Waals surface area contributed by atoms with E-state index in [0.29, 0.717) is 47.8 Å². The number of anilines is 3. The maximum absolute atomic E-state index is 13.9. The molecule has 1 amide bonds. The molecule has 0 bridgehead atoms. The van der Waals surface area contributed by atoms with Crippen LogP contribution in [0, 0.1) is 11.6 Å². The van der Waals surface area contributed by atoms with Crippen molar-refractivity contribution in [2.75, 3.05) is 36.9 Å². The predicted molar refractivity (Wildman–Crippen MR) is 199 cm³/mol. The summed E-state index contributed by atoms with van der Waals surface area (Å²) >= 11 is 0. The molecule has 2 aromatic heterocycles. The SMILES string of the molecule is CC(C)(C)OP(=O)(OCCN(CCCOc1ccc2c(Nc3cc(CC(=O)Nc4cccc(F)c4F)[nH]n3)ncnc2c1)C1CCCC1)OC(C)(C)C. The normalized spacial score (nSPS) is 14.3. The van der Waals surface area contributed by atoms with Gasteiger partial charge in [-0.2, -0.15) is 5.10 Å². The lowest BCUT2D eigenvalue weighted by Gasteiger charge is -2.32. The van der Waals surface area contributed by atoms with E-state index in [1.54, 1.807) is 6.07 Å². The molecule has 1 aliphatic carbocycles. The molecule has 13 nitrogen and oxygen atoms in total. The number of phosphoric acid groups is 1. The van der Waals surface area contributed by atoms with Crippen LogP contribution in [0.5, 0.6) is 5.75 Å². The number of nitrogens with zero attached hydrogens (tertiary/aromatic N) is 4. The van der Waals surface area contributed by atoms with E-state index in [4.69, 9.17) is 18.3 Å². The first-order chi connectivity index (χ1) is 25.1. The molecule has 1 aliphatic rings. The number of fused-ring (bicyclic) bond motifs is 1. The number of benzene rings is 2. The van der Waals surface area contributed by atoms with Gasteiger partial charge >= 0.3 is 7.82 Å². The fraction of sp³-hybridized carbons (Fsp3) is 0.514. The number of halogens is 2. The van der Waals surface area contributed by atoms with Crippen LogP contribution < -0.4 is 15.4 Å². The summed E-state index contributed by atoms with van der Waals surface area (Å²) in [7, 11) is -3.79. The van der Waals surface area contributed by atoms with E-state index in [1.807, 2.05) is 59.7 Å². The number of amides is 1. The summed E-state index contributed by atoms with van der Waals surface area (Å²) in [5.74, 6) is -1.12. The molecule has 288 valence electrons. The van der Waals surface area contributed by atoms with Crippen molar-refractivity contribution in [1.82, 2.24) is 25.1 Å². The maximum atomic E-state index is 13.9. The second-order valence-electron chi connectivity index (χ2n) is 15.0. The lowest BCUT2D eigenvalue weighted by atomic mass is 10.2. The van der Waals surface area contributed by atoms with Crippen LogP contribution in [0.3, 0.4) is 0 Å². The molecule has 5 rings (SSSR count). The molecule has 16 heteroatoms. The first kappa shape index (κ1) is 40.2. The Labute approximate surface area is 309 Å². The van der Waals surface area contributed by atoms with Crippen molar-refractivity contribution in [3.05, 3.63) is 66.1 Å². The molecule has 2 heterocycles. The summed E-state index contributed by atoms with van der Waals surface area (Å²) in [5.41, 5.74) is -0.507. The van der Waals surface area contributed by atoms with Gasteiger partial charge in [0.25, 0.3) is 0 Å². The quantitative estimate of drug-likeness (QED) is 0.0704. The van der Waals surface area contributed by atoms with Crippen LogP contribution >= 0.6 is 7.82 Å². The number of carbonyl (C=O) groups excluding carboxylic acids is 1. The van der Waals surface area contributed by atoms with Crippen molar-refractivity contribution in [3.63, 3.8) is 0 Å². The predicted octanol–water partition coefficient (Wildman–Crippen LogP) is 8.32. The van der Waals surface area contributed by atoms with Crippen LogP contribution in [0.1, 0.15) is 79.3 Å². The Kier molecular flexibility index (Phi) is 13.2. The number of hydrogen-bond donors (Lipinski definition) is 3. The average molecular weight is 758 g/mol. The van der Waals surface area contributed by atoms with E-state index >= 15 is 0 Å². The average Bonchev–Trinajstić information content (AvgIpc) is 3.75. The number of nitrogens with one attached hydrogen (secondary N) is 3. The van der Waals surface area contributed by atoms with E-state index in [-0.39, 0.29) is 18.7 Å². The van der Waals surface area contributed by atoms with Gasteiger partial charge in [-0.1, -0.05) is 18.9 Å². The highest BCUT2D eigenvalue weighted by Crippen LogP contribution is 2.55. The highest BCUT2D eigenvalue weighted by Gasteiger charge is 2.37. The number of aromatic amines is 1. The van der Waals surface area contributed by atoms with Crippen LogP contribution in [-0.4, -0.2) is 74.5 Å². The lowest BCUT2D eigenvalue weighted by Crippen LogP contribution is -2.37. The fourth-order valence-corrected chi connectivity index (χ4v) is 7.84. The zero-order chi connectivity index (χ0) is 38.2. The Bertz CT molecular complexity index is 1870. The molecule has 0 atom stereocenters.